The lowest BCUT2D eigenvalue weighted by molar-refractivity contribution is -0.115. The molecule has 0 bridgehead atoms. The summed E-state index contributed by atoms with van der Waals surface area (Å²) in [4.78, 5) is 12.1. The molecule has 5 nitrogen and oxygen atoms in total. The van der Waals surface area contributed by atoms with E-state index >= 15 is 0 Å². The van der Waals surface area contributed by atoms with Crippen LogP contribution in [0.4, 0.5) is 5.88 Å². The van der Waals surface area contributed by atoms with Gasteiger partial charge in [0, 0.05) is 5.56 Å². The third-order valence-corrected chi connectivity index (χ3v) is 3.35. The number of benzene rings is 1. The maximum atomic E-state index is 12.1. The molecule has 1 heterocycles. The highest BCUT2D eigenvalue weighted by Crippen LogP contribution is 2.25. The maximum absolute atomic E-state index is 12.1. The van der Waals surface area contributed by atoms with Crippen molar-refractivity contribution in [2.45, 2.75) is 27.2 Å². The summed E-state index contributed by atoms with van der Waals surface area (Å²) in [5.74, 6) is 1.39. The van der Waals surface area contributed by atoms with Crippen LogP contribution in [0.2, 0.25) is 0 Å². The summed E-state index contributed by atoms with van der Waals surface area (Å²) in [7, 11) is 0. The lowest BCUT2D eigenvalue weighted by Crippen LogP contribution is -2.14. The lowest BCUT2D eigenvalue weighted by atomic mass is 10.1. The third-order valence-electron chi connectivity index (χ3n) is 3.35. The van der Waals surface area contributed by atoms with Crippen molar-refractivity contribution < 1.29 is 13.9 Å². The first-order valence-corrected chi connectivity index (χ1v) is 7.06. The van der Waals surface area contributed by atoms with Crippen LogP contribution in [0.3, 0.4) is 0 Å². The van der Waals surface area contributed by atoms with Crippen molar-refractivity contribution in [1.29, 1.82) is 5.26 Å². The molecule has 0 aliphatic rings. The standard InChI is InChI=1S/C17H18N2O3/c1-4-21-14-7-5-13(6-8-14)9-16(20)19-17-15(10-18)11(2)12(3)22-17/h5-8H,4,9H2,1-3H3,(H,19,20). The number of carbonyl (C=O) groups excluding carboxylic acids is 1. The number of nitriles is 1. The van der Waals surface area contributed by atoms with Gasteiger partial charge in [0.2, 0.25) is 11.8 Å². The number of aryl methyl sites for hydroxylation is 1. The van der Waals surface area contributed by atoms with Crippen LogP contribution in [0, 0.1) is 25.2 Å². The Bertz CT molecular complexity index is 709. The van der Waals surface area contributed by atoms with Gasteiger partial charge in [-0.1, -0.05) is 12.1 Å². The zero-order valence-electron chi connectivity index (χ0n) is 12.9. The molecule has 2 rings (SSSR count). The average Bonchev–Trinajstić information content (AvgIpc) is 2.75. The first-order valence-electron chi connectivity index (χ1n) is 7.06. The van der Waals surface area contributed by atoms with Crippen molar-refractivity contribution >= 4 is 11.8 Å². The van der Waals surface area contributed by atoms with Gasteiger partial charge in [-0.2, -0.15) is 5.26 Å². The van der Waals surface area contributed by atoms with Gasteiger partial charge in [0.1, 0.15) is 23.1 Å². The highest BCUT2D eigenvalue weighted by atomic mass is 16.5. The molecule has 1 amide bonds. The van der Waals surface area contributed by atoms with Crippen molar-refractivity contribution in [2.75, 3.05) is 11.9 Å². The Morgan fingerprint density at radius 3 is 2.59 bits per heavy atom. The molecule has 0 aliphatic carbocycles. The highest BCUT2D eigenvalue weighted by Gasteiger charge is 2.16. The number of furan rings is 1. The molecule has 114 valence electrons. The number of anilines is 1. The minimum Gasteiger partial charge on any atom is -0.494 e. The van der Waals surface area contributed by atoms with E-state index in [4.69, 9.17) is 14.4 Å². The van der Waals surface area contributed by atoms with E-state index in [-0.39, 0.29) is 18.2 Å². The van der Waals surface area contributed by atoms with E-state index in [1.54, 1.807) is 13.8 Å². The van der Waals surface area contributed by atoms with E-state index in [1.165, 1.54) is 0 Å². The molecular formula is C17H18N2O3. The third kappa shape index (κ3) is 3.47. The number of hydrogen-bond acceptors (Lipinski definition) is 4. The van der Waals surface area contributed by atoms with Crippen LogP contribution in [0.15, 0.2) is 28.7 Å². The number of nitrogens with zero attached hydrogens (tertiary/aromatic N) is 1. The van der Waals surface area contributed by atoms with Crippen LogP contribution in [0.5, 0.6) is 5.75 Å². The predicted molar refractivity (Wildman–Crippen MR) is 82.8 cm³/mol. The fourth-order valence-electron chi connectivity index (χ4n) is 2.08. The van der Waals surface area contributed by atoms with Gasteiger partial charge >= 0.3 is 0 Å². The monoisotopic (exact) mass is 298 g/mol. The summed E-state index contributed by atoms with van der Waals surface area (Å²) in [5, 5.41) is 11.8. The Kier molecular flexibility index (Phi) is 4.84. The predicted octanol–water partition coefficient (Wildman–Crippen LogP) is 3.35. The summed E-state index contributed by atoms with van der Waals surface area (Å²) in [6.45, 7) is 6.08. The van der Waals surface area contributed by atoms with Crippen LogP contribution in [0.1, 0.15) is 29.4 Å². The molecule has 0 radical (unpaired) electrons. The molecule has 1 N–H and O–H groups in total. The number of amides is 1. The molecule has 2 aromatic rings. The Morgan fingerprint density at radius 1 is 1.32 bits per heavy atom. The highest BCUT2D eigenvalue weighted by molar-refractivity contribution is 5.92. The minimum absolute atomic E-state index is 0.204. The van der Waals surface area contributed by atoms with Gasteiger partial charge in [-0.15, -0.1) is 0 Å². The Morgan fingerprint density at radius 2 is 2.00 bits per heavy atom. The number of hydrogen-bond donors (Lipinski definition) is 1. The summed E-state index contributed by atoms with van der Waals surface area (Å²) in [6, 6.07) is 9.39. The zero-order chi connectivity index (χ0) is 16.1. The largest absolute Gasteiger partial charge is 0.494 e. The van der Waals surface area contributed by atoms with Crippen molar-refractivity contribution in [2.24, 2.45) is 0 Å². The van der Waals surface area contributed by atoms with E-state index in [1.807, 2.05) is 31.2 Å². The van der Waals surface area contributed by atoms with Gasteiger partial charge in [0.15, 0.2) is 0 Å². The minimum atomic E-state index is -0.227. The summed E-state index contributed by atoms with van der Waals surface area (Å²) < 4.78 is 10.8. The van der Waals surface area contributed by atoms with Crippen molar-refractivity contribution in [3.8, 4) is 11.8 Å². The van der Waals surface area contributed by atoms with Crippen molar-refractivity contribution in [3.63, 3.8) is 0 Å². The topological polar surface area (TPSA) is 75.3 Å². The molecule has 22 heavy (non-hydrogen) atoms. The van der Waals surface area contributed by atoms with Crippen LogP contribution in [0.25, 0.3) is 0 Å². The van der Waals surface area contributed by atoms with Crippen molar-refractivity contribution in [3.05, 3.63) is 46.7 Å². The first-order chi connectivity index (χ1) is 10.5. The molecular weight excluding hydrogens is 280 g/mol. The Balaban J connectivity index is 2.04. The molecule has 0 aliphatic heterocycles. The molecule has 1 aromatic heterocycles. The van der Waals surface area contributed by atoms with E-state index in [9.17, 15) is 4.79 Å². The van der Waals surface area contributed by atoms with Gasteiger partial charge in [0.05, 0.1) is 13.0 Å². The molecule has 1 aromatic carbocycles. The first kappa shape index (κ1) is 15.6. The molecule has 5 heteroatoms. The molecule has 0 saturated heterocycles. The average molecular weight is 298 g/mol. The SMILES string of the molecule is CCOc1ccc(CC(=O)Nc2oc(C)c(C)c2C#N)cc1. The zero-order valence-corrected chi connectivity index (χ0v) is 12.9. The van der Waals surface area contributed by atoms with E-state index in [2.05, 4.69) is 11.4 Å². The Labute approximate surface area is 129 Å². The molecule has 0 spiro atoms. The van der Waals surface area contributed by atoms with E-state index in [0.717, 1.165) is 16.9 Å². The quantitative estimate of drug-likeness (QED) is 0.918. The van der Waals surface area contributed by atoms with Gasteiger partial charge in [0.25, 0.3) is 0 Å². The number of nitrogens with one attached hydrogen (secondary N) is 1. The summed E-state index contributed by atoms with van der Waals surface area (Å²) in [5.41, 5.74) is 1.98. The second kappa shape index (κ2) is 6.81. The smallest absolute Gasteiger partial charge is 0.231 e. The summed E-state index contributed by atoms with van der Waals surface area (Å²) >= 11 is 0. The number of carbonyl (C=O) groups is 1. The second-order valence-corrected chi connectivity index (χ2v) is 4.90. The summed E-state index contributed by atoms with van der Waals surface area (Å²) in [6.07, 6.45) is 0.204. The maximum Gasteiger partial charge on any atom is 0.231 e. The lowest BCUT2D eigenvalue weighted by Gasteiger charge is -2.05. The van der Waals surface area contributed by atoms with Gasteiger partial charge in [-0.05, 0) is 38.5 Å². The molecule has 0 unspecified atom stereocenters. The fourth-order valence-corrected chi connectivity index (χ4v) is 2.08. The molecule has 0 fully saturated rings. The molecule has 0 atom stereocenters. The second-order valence-electron chi connectivity index (χ2n) is 4.90. The number of ether oxygens (including phenoxy) is 1. The number of rotatable bonds is 5. The van der Waals surface area contributed by atoms with Crippen LogP contribution in [-0.2, 0) is 11.2 Å². The van der Waals surface area contributed by atoms with Crippen LogP contribution in [-0.4, -0.2) is 12.5 Å². The van der Waals surface area contributed by atoms with Gasteiger partial charge < -0.3 is 9.15 Å². The van der Waals surface area contributed by atoms with E-state index in [0.29, 0.717) is 17.9 Å². The van der Waals surface area contributed by atoms with Crippen LogP contribution >= 0.6 is 0 Å². The fraction of sp³-hybridized carbons (Fsp3) is 0.294. The Hall–Kier alpha value is -2.74. The van der Waals surface area contributed by atoms with E-state index < -0.39 is 0 Å². The molecule has 0 saturated carbocycles. The van der Waals surface area contributed by atoms with Crippen molar-refractivity contribution in [1.82, 2.24) is 0 Å². The van der Waals surface area contributed by atoms with Crippen LogP contribution < -0.4 is 10.1 Å². The van der Waals surface area contributed by atoms with Gasteiger partial charge in [-0.25, -0.2) is 0 Å². The van der Waals surface area contributed by atoms with Gasteiger partial charge in [-0.3, -0.25) is 10.1 Å². The normalized spacial score (nSPS) is 10.1.